The van der Waals surface area contributed by atoms with Gasteiger partial charge in [0.05, 0.1) is 25.8 Å². The monoisotopic (exact) mass is 388 g/mol. The summed E-state index contributed by atoms with van der Waals surface area (Å²) in [4.78, 5) is 9.84. The van der Waals surface area contributed by atoms with Crippen molar-refractivity contribution in [2.24, 2.45) is 10.4 Å². The smallest absolute Gasteiger partial charge is 0.194 e. The Bertz CT molecular complexity index is 685. The molecule has 0 amide bonds. The van der Waals surface area contributed by atoms with Gasteiger partial charge in [0.2, 0.25) is 0 Å². The number of nitrogens with one attached hydrogen (secondary N) is 1. The summed E-state index contributed by atoms with van der Waals surface area (Å²) in [6.45, 7) is 9.01. The number of guanidine groups is 1. The van der Waals surface area contributed by atoms with Gasteiger partial charge in [-0.25, -0.2) is 4.39 Å². The van der Waals surface area contributed by atoms with Crippen LogP contribution in [0.5, 0.6) is 0 Å². The zero-order chi connectivity index (χ0) is 19.4. The highest BCUT2D eigenvalue weighted by Crippen LogP contribution is 2.47. The minimum Gasteiger partial charge on any atom is -0.379 e. The number of hydrogen-bond donors (Lipinski definition) is 1. The van der Waals surface area contributed by atoms with Gasteiger partial charge in [0.15, 0.2) is 5.96 Å². The highest BCUT2D eigenvalue weighted by Gasteiger charge is 2.43. The Balaban J connectivity index is 1.52. The first-order valence-electron chi connectivity index (χ1n) is 10.8. The number of aliphatic imine (C=N–C) groups is 1. The van der Waals surface area contributed by atoms with Gasteiger partial charge in [0, 0.05) is 32.7 Å². The molecule has 1 aliphatic carbocycles. The van der Waals surface area contributed by atoms with Crippen molar-refractivity contribution >= 4 is 5.96 Å². The molecule has 2 heterocycles. The highest BCUT2D eigenvalue weighted by atomic mass is 19.1. The van der Waals surface area contributed by atoms with Crippen LogP contribution < -0.4 is 5.32 Å². The van der Waals surface area contributed by atoms with E-state index in [0.29, 0.717) is 12.0 Å². The maximum absolute atomic E-state index is 13.9. The van der Waals surface area contributed by atoms with Crippen LogP contribution in [-0.2, 0) is 4.74 Å². The van der Waals surface area contributed by atoms with E-state index in [1.807, 2.05) is 6.07 Å². The molecular formula is C22H33FN4O. The van der Waals surface area contributed by atoms with E-state index in [2.05, 4.69) is 22.0 Å². The first kappa shape index (κ1) is 19.6. The zero-order valence-corrected chi connectivity index (χ0v) is 17.0. The standard InChI is InChI=1S/C22H33FN4O/c1-2-24-21(27-10-9-22(17-27)7-4-8-22)25-16-20(26-11-13-28-14-12-26)18-5-3-6-19(23)15-18/h3,5-6,15,20H,2,4,7-14,16-17H2,1H3,(H,24,25). The van der Waals surface area contributed by atoms with Crippen LogP contribution in [0.2, 0.25) is 0 Å². The topological polar surface area (TPSA) is 40.1 Å². The fourth-order valence-corrected chi connectivity index (χ4v) is 4.83. The van der Waals surface area contributed by atoms with Crippen LogP contribution in [0.15, 0.2) is 29.3 Å². The molecule has 1 aromatic rings. The molecule has 1 atom stereocenters. The van der Waals surface area contributed by atoms with Crippen molar-refractivity contribution in [1.82, 2.24) is 15.1 Å². The molecule has 6 heteroatoms. The molecule has 3 aliphatic rings. The lowest BCUT2D eigenvalue weighted by Crippen LogP contribution is -2.44. The summed E-state index contributed by atoms with van der Waals surface area (Å²) in [6, 6.07) is 7.06. The van der Waals surface area contributed by atoms with Crippen molar-refractivity contribution in [3.8, 4) is 0 Å². The van der Waals surface area contributed by atoms with Crippen molar-refractivity contribution in [3.05, 3.63) is 35.6 Å². The molecule has 28 heavy (non-hydrogen) atoms. The molecule has 1 N–H and O–H groups in total. The zero-order valence-electron chi connectivity index (χ0n) is 17.0. The van der Waals surface area contributed by atoms with Crippen LogP contribution in [0.1, 0.15) is 44.2 Å². The summed E-state index contributed by atoms with van der Waals surface area (Å²) < 4.78 is 19.4. The number of rotatable bonds is 5. The molecule has 2 saturated heterocycles. The molecule has 1 aromatic carbocycles. The Labute approximate surface area is 167 Å². The van der Waals surface area contributed by atoms with Gasteiger partial charge in [-0.15, -0.1) is 0 Å². The van der Waals surface area contributed by atoms with E-state index < -0.39 is 0 Å². The second kappa shape index (κ2) is 8.78. The minimum atomic E-state index is -0.182. The van der Waals surface area contributed by atoms with Gasteiger partial charge >= 0.3 is 0 Å². The second-order valence-corrected chi connectivity index (χ2v) is 8.44. The normalized spacial score (nSPS) is 23.6. The molecule has 1 unspecified atom stereocenters. The molecule has 2 aliphatic heterocycles. The van der Waals surface area contributed by atoms with E-state index in [1.165, 1.54) is 31.7 Å². The highest BCUT2D eigenvalue weighted by molar-refractivity contribution is 5.80. The quantitative estimate of drug-likeness (QED) is 0.622. The summed E-state index contributed by atoms with van der Waals surface area (Å²) >= 11 is 0. The number of morpholine rings is 1. The van der Waals surface area contributed by atoms with Gasteiger partial charge in [-0.1, -0.05) is 18.6 Å². The first-order chi connectivity index (χ1) is 13.7. The summed E-state index contributed by atoms with van der Waals surface area (Å²) in [5, 5.41) is 3.49. The Morgan fingerprint density at radius 2 is 2.07 bits per heavy atom. The van der Waals surface area contributed by atoms with Gasteiger partial charge < -0.3 is 15.0 Å². The van der Waals surface area contributed by atoms with Crippen molar-refractivity contribution in [3.63, 3.8) is 0 Å². The van der Waals surface area contributed by atoms with E-state index >= 15 is 0 Å². The number of hydrogen-bond acceptors (Lipinski definition) is 3. The molecular weight excluding hydrogens is 355 g/mol. The van der Waals surface area contributed by atoms with Crippen LogP contribution in [0.4, 0.5) is 4.39 Å². The van der Waals surface area contributed by atoms with Gasteiger partial charge in [-0.2, -0.15) is 0 Å². The van der Waals surface area contributed by atoms with Gasteiger partial charge in [-0.05, 0) is 49.3 Å². The molecule has 154 valence electrons. The fourth-order valence-electron chi connectivity index (χ4n) is 4.83. The van der Waals surface area contributed by atoms with Gasteiger partial charge in [-0.3, -0.25) is 9.89 Å². The van der Waals surface area contributed by atoms with Crippen LogP contribution in [0.3, 0.4) is 0 Å². The summed E-state index contributed by atoms with van der Waals surface area (Å²) in [5.41, 5.74) is 1.54. The number of benzene rings is 1. The maximum Gasteiger partial charge on any atom is 0.194 e. The lowest BCUT2D eigenvalue weighted by molar-refractivity contribution is 0.0179. The fraction of sp³-hybridized carbons (Fsp3) is 0.682. The van der Waals surface area contributed by atoms with E-state index in [-0.39, 0.29) is 11.9 Å². The maximum atomic E-state index is 13.9. The van der Waals surface area contributed by atoms with Gasteiger partial charge in [0.1, 0.15) is 5.82 Å². The Morgan fingerprint density at radius 3 is 2.71 bits per heavy atom. The van der Waals surface area contributed by atoms with E-state index in [9.17, 15) is 4.39 Å². The van der Waals surface area contributed by atoms with Crippen LogP contribution >= 0.6 is 0 Å². The van der Waals surface area contributed by atoms with Crippen molar-refractivity contribution in [1.29, 1.82) is 0 Å². The molecule has 0 radical (unpaired) electrons. The Kier molecular flexibility index (Phi) is 6.16. The molecule has 4 rings (SSSR count). The lowest BCUT2D eigenvalue weighted by Gasteiger charge is -2.38. The van der Waals surface area contributed by atoms with Crippen LogP contribution in [-0.4, -0.2) is 68.2 Å². The van der Waals surface area contributed by atoms with Crippen molar-refractivity contribution in [2.75, 3.05) is 52.5 Å². The van der Waals surface area contributed by atoms with E-state index in [1.54, 1.807) is 12.1 Å². The van der Waals surface area contributed by atoms with E-state index in [4.69, 9.17) is 9.73 Å². The summed E-state index contributed by atoms with van der Waals surface area (Å²) in [6.07, 6.45) is 5.39. The number of likely N-dealkylation sites (tertiary alicyclic amines) is 1. The number of nitrogens with zero attached hydrogens (tertiary/aromatic N) is 3. The predicted octanol–water partition coefficient (Wildman–Crippen LogP) is 3.04. The third-order valence-corrected chi connectivity index (χ3v) is 6.62. The molecule has 0 bridgehead atoms. The predicted molar refractivity (Wildman–Crippen MR) is 110 cm³/mol. The first-order valence-corrected chi connectivity index (χ1v) is 10.8. The second-order valence-electron chi connectivity index (χ2n) is 8.44. The molecule has 0 aromatic heterocycles. The largest absolute Gasteiger partial charge is 0.379 e. The number of halogens is 1. The molecule has 5 nitrogen and oxygen atoms in total. The average Bonchev–Trinajstić information content (AvgIpc) is 3.14. The molecule has 3 fully saturated rings. The third kappa shape index (κ3) is 4.33. The molecule has 1 spiro atoms. The van der Waals surface area contributed by atoms with Crippen LogP contribution in [0.25, 0.3) is 0 Å². The summed E-state index contributed by atoms with van der Waals surface area (Å²) in [7, 11) is 0. The summed E-state index contributed by atoms with van der Waals surface area (Å²) in [5.74, 6) is 0.832. The van der Waals surface area contributed by atoms with Crippen molar-refractivity contribution in [2.45, 2.75) is 38.6 Å². The third-order valence-electron chi connectivity index (χ3n) is 6.62. The SMILES string of the molecule is CCNC(=NCC(c1cccc(F)c1)N1CCOCC1)N1CCC2(CCC2)C1. The minimum absolute atomic E-state index is 0.0773. The lowest BCUT2D eigenvalue weighted by atomic mass is 9.68. The molecule has 1 saturated carbocycles. The Morgan fingerprint density at radius 1 is 1.25 bits per heavy atom. The van der Waals surface area contributed by atoms with Crippen LogP contribution in [0, 0.1) is 11.2 Å². The Hall–Kier alpha value is -1.66. The van der Waals surface area contributed by atoms with E-state index in [0.717, 1.165) is 57.5 Å². The average molecular weight is 389 g/mol. The number of ether oxygens (including phenoxy) is 1. The van der Waals surface area contributed by atoms with Crippen molar-refractivity contribution < 1.29 is 9.13 Å². The van der Waals surface area contributed by atoms with Gasteiger partial charge in [0.25, 0.3) is 0 Å².